The number of benzene rings is 2. The molecule has 0 saturated heterocycles. The van der Waals surface area contributed by atoms with E-state index in [2.05, 4.69) is 0 Å². The van der Waals surface area contributed by atoms with E-state index < -0.39 is 5.60 Å². The zero-order valence-electron chi connectivity index (χ0n) is 19.4. The Bertz CT molecular complexity index is 1020. The SMILES string of the molecule is CCC(=O)C1=C(CC)OC(c2ccc(OC)c(O)c2)(c2cc(OC)c(OC)c(OC)c2)C1. The summed E-state index contributed by atoms with van der Waals surface area (Å²) >= 11 is 0. The van der Waals surface area contributed by atoms with Crippen LogP contribution in [0.25, 0.3) is 0 Å². The molecule has 172 valence electrons. The normalized spacial score (nSPS) is 17.7. The molecule has 7 heteroatoms. The summed E-state index contributed by atoms with van der Waals surface area (Å²) in [6.45, 7) is 3.79. The van der Waals surface area contributed by atoms with Crippen molar-refractivity contribution in [2.75, 3.05) is 28.4 Å². The molecule has 0 spiro atoms. The van der Waals surface area contributed by atoms with Crippen molar-refractivity contribution in [3.05, 3.63) is 52.8 Å². The smallest absolute Gasteiger partial charge is 0.203 e. The number of allylic oxidation sites excluding steroid dienone is 1. The second-order valence-electron chi connectivity index (χ2n) is 7.44. The maximum atomic E-state index is 12.8. The minimum atomic E-state index is -1.07. The van der Waals surface area contributed by atoms with Crippen molar-refractivity contribution in [2.45, 2.75) is 38.7 Å². The molecule has 1 N–H and O–H groups in total. The molecule has 2 aromatic carbocycles. The van der Waals surface area contributed by atoms with Gasteiger partial charge in [0.2, 0.25) is 5.75 Å². The molecule has 0 aromatic heterocycles. The number of ketones is 1. The third-order valence-corrected chi connectivity index (χ3v) is 5.81. The number of phenolic OH excluding ortho intramolecular Hbond substituents is 1. The van der Waals surface area contributed by atoms with Crippen LogP contribution in [0, 0.1) is 0 Å². The molecule has 0 saturated carbocycles. The Balaban J connectivity index is 2.28. The number of phenols is 1. The highest BCUT2D eigenvalue weighted by Gasteiger charge is 2.46. The lowest BCUT2D eigenvalue weighted by Crippen LogP contribution is -2.28. The Morgan fingerprint density at radius 3 is 2.03 bits per heavy atom. The maximum Gasteiger partial charge on any atom is 0.203 e. The third kappa shape index (κ3) is 3.83. The van der Waals surface area contributed by atoms with Gasteiger partial charge in [0.1, 0.15) is 5.76 Å². The average Bonchev–Trinajstić information content (AvgIpc) is 3.23. The summed E-state index contributed by atoms with van der Waals surface area (Å²) in [7, 11) is 6.12. The van der Waals surface area contributed by atoms with Crippen molar-refractivity contribution in [3.63, 3.8) is 0 Å². The second-order valence-corrected chi connectivity index (χ2v) is 7.44. The number of Topliss-reactive ketones (excluding diaryl/α,β-unsaturated/α-hetero) is 1. The van der Waals surface area contributed by atoms with Crippen molar-refractivity contribution in [1.82, 2.24) is 0 Å². The minimum Gasteiger partial charge on any atom is -0.504 e. The fourth-order valence-electron chi connectivity index (χ4n) is 4.15. The zero-order valence-corrected chi connectivity index (χ0v) is 19.4. The third-order valence-electron chi connectivity index (χ3n) is 5.81. The molecule has 1 unspecified atom stereocenters. The fraction of sp³-hybridized carbons (Fsp3) is 0.400. The first kappa shape index (κ1) is 23.3. The van der Waals surface area contributed by atoms with E-state index in [-0.39, 0.29) is 11.5 Å². The van der Waals surface area contributed by atoms with Gasteiger partial charge >= 0.3 is 0 Å². The largest absolute Gasteiger partial charge is 0.504 e. The molecule has 2 aromatic rings. The van der Waals surface area contributed by atoms with E-state index in [9.17, 15) is 9.90 Å². The van der Waals surface area contributed by atoms with Crippen LogP contribution in [0.2, 0.25) is 0 Å². The first-order valence-corrected chi connectivity index (χ1v) is 10.5. The lowest BCUT2D eigenvalue weighted by molar-refractivity contribution is -0.115. The standard InChI is InChI=1S/C25H30O7/c1-7-18(26)17-14-25(32-20(17)8-2,15-9-10-21(28-3)19(27)11-15)16-12-22(29-4)24(31-6)23(13-16)30-5/h9-13,27H,7-8,14H2,1-6H3. The second kappa shape index (κ2) is 9.42. The number of rotatable bonds is 9. The molecule has 0 amide bonds. The van der Waals surface area contributed by atoms with E-state index in [1.54, 1.807) is 26.4 Å². The van der Waals surface area contributed by atoms with Crippen LogP contribution in [0.5, 0.6) is 28.7 Å². The summed E-state index contributed by atoms with van der Waals surface area (Å²) < 4.78 is 28.4. The van der Waals surface area contributed by atoms with Gasteiger partial charge in [-0.1, -0.05) is 19.9 Å². The summed E-state index contributed by atoms with van der Waals surface area (Å²) in [5.74, 6) is 2.40. The summed E-state index contributed by atoms with van der Waals surface area (Å²) in [5.41, 5.74) is 0.970. The molecular formula is C25H30O7. The van der Waals surface area contributed by atoms with Crippen molar-refractivity contribution >= 4 is 5.78 Å². The van der Waals surface area contributed by atoms with Crippen LogP contribution in [0.3, 0.4) is 0 Å². The quantitative estimate of drug-likeness (QED) is 0.601. The average molecular weight is 443 g/mol. The van der Waals surface area contributed by atoms with E-state index in [4.69, 9.17) is 23.7 Å². The van der Waals surface area contributed by atoms with Crippen LogP contribution < -0.4 is 18.9 Å². The van der Waals surface area contributed by atoms with E-state index >= 15 is 0 Å². The van der Waals surface area contributed by atoms with Gasteiger partial charge in [-0.25, -0.2) is 0 Å². The van der Waals surface area contributed by atoms with Crippen molar-refractivity contribution in [1.29, 1.82) is 0 Å². The number of hydrogen-bond acceptors (Lipinski definition) is 7. The summed E-state index contributed by atoms with van der Waals surface area (Å²) in [6, 6.07) is 8.74. The topological polar surface area (TPSA) is 83.5 Å². The highest BCUT2D eigenvalue weighted by molar-refractivity contribution is 5.96. The Kier molecular flexibility index (Phi) is 6.87. The Morgan fingerprint density at radius 2 is 1.56 bits per heavy atom. The van der Waals surface area contributed by atoms with Gasteiger partial charge in [0.15, 0.2) is 34.4 Å². The molecular weight excluding hydrogens is 412 g/mol. The number of methoxy groups -OCH3 is 4. The van der Waals surface area contributed by atoms with Gasteiger partial charge in [0.25, 0.3) is 0 Å². The molecule has 32 heavy (non-hydrogen) atoms. The number of ether oxygens (including phenoxy) is 5. The lowest BCUT2D eigenvalue weighted by Gasteiger charge is -2.32. The van der Waals surface area contributed by atoms with E-state index in [0.717, 1.165) is 0 Å². The van der Waals surface area contributed by atoms with E-state index in [0.29, 0.717) is 64.7 Å². The van der Waals surface area contributed by atoms with Gasteiger partial charge in [-0.2, -0.15) is 0 Å². The summed E-state index contributed by atoms with van der Waals surface area (Å²) in [6.07, 6.45) is 1.25. The van der Waals surface area contributed by atoms with Crippen LogP contribution in [0.4, 0.5) is 0 Å². The minimum absolute atomic E-state index is 0.0197. The van der Waals surface area contributed by atoms with Crippen LogP contribution in [-0.2, 0) is 15.1 Å². The van der Waals surface area contributed by atoms with Crippen LogP contribution in [0.15, 0.2) is 41.7 Å². The molecule has 1 aliphatic rings. The molecule has 7 nitrogen and oxygen atoms in total. The van der Waals surface area contributed by atoms with Gasteiger partial charge in [-0.3, -0.25) is 4.79 Å². The molecule has 0 radical (unpaired) electrons. The molecule has 0 bridgehead atoms. The van der Waals surface area contributed by atoms with Crippen molar-refractivity contribution in [3.8, 4) is 28.7 Å². The molecule has 1 heterocycles. The monoisotopic (exact) mass is 442 g/mol. The van der Waals surface area contributed by atoms with E-state index in [1.165, 1.54) is 14.2 Å². The van der Waals surface area contributed by atoms with Crippen LogP contribution in [-0.4, -0.2) is 39.3 Å². The van der Waals surface area contributed by atoms with Crippen molar-refractivity contribution < 1.29 is 33.6 Å². The summed E-state index contributed by atoms with van der Waals surface area (Å²) in [4.78, 5) is 12.8. The Labute approximate surface area is 188 Å². The number of hydrogen-bond donors (Lipinski definition) is 1. The Morgan fingerprint density at radius 1 is 0.938 bits per heavy atom. The first-order chi connectivity index (χ1) is 15.4. The highest BCUT2D eigenvalue weighted by Crippen LogP contribution is 2.52. The summed E-state index contributed by atoms with van der Waals surface area (Å²) in [5, 5.41) is 10.5. The number of aromatic hydroxyl groups is 1. The van der Waals surface area contributed by atoms with Crippen LogP contribution in [0.1, 0.15) is 44.2 Å². The number of carbonyl (C=O) groups is 1. The highest BCUT2D eigenvalue weighted by atomic mass is 16.5. The fourth-order valence-corrected chi connectivity index (χ4v) is 4.15. The lowest BCUT2D eigenvalue weighted by atomic mass is 9.81. The van der Waals surface area contributed by atoms with E-state index in [1.807, 2.05) is 32.0 Å². The van der Waals surface area contributed by atoms with Crippen molar-refractivity contribution in [2.24, 2.45) is 0 Å². The predicted molar refractivity (Wildman–Crippen MR) is 120 cm³/mol. The van der Waals surface area contributed by atoms with Crippen LogP contribution >= 0.6 is 0 Å². The van der Waals surface area contributed by atoms with Gasteiger partial charge < -0.3 is 28.8 Å². The van der Waals surface area contributed by atoms with Gasteiger partial charge in [-0.15, -0.1) is 0 Å². The molecule has 1 atom stereocenters. The molecule has 0 aliphatic carbocycles. The Hall–Kier alpha value is -3.35. The molecule has 0 fully saturated rings. The maximum absolute atomic E-state index is 12.8. The number of carbonyl (C=O) groups excluding carboxylic acids is 1. The predicted octanol–water partition coefficient (Wildman–Crippen LogP) is 4.73. The zero-order chi connectivity index (χ0) is 23.5. The van der Waals surface area contributed by atoms with Gasteiger partial charge in [0, 0.05) is 36.0 Å². The van der Waals surface area contributed by atoms with Gasteiger partial charge in [0.05, 0.1) is 28.4 Å². The molecule has 1 aliphatic heterocycles. The first-order valence-electron chi connectivity index (χ1n) is 10.5. The van der Waals surface area contributed by atoms with Gasteiger partial charge in [-0.05, 0) is 24.3 Å². The molecule has 3 rings (SSSR count).